The molecular weight excluding hydrogens is 328 g/mol. The number of rotatable bonds is 9. The number of carbonyl (C=O) groups is 1. The summed E-state index contributed by atoms with van der Waals surface area (Å²) in [7, 11) is 0. The van der Waals surface area contributed by atoms with E-state index < -0.39 is 0 Å². The third kappa shape index (κ3) is 5.55. The van der Waals surface area contributed by atoms with Crippen LogP contribution in [0.25, 0.3) is 0 Å². The quantitative estimate of drug-likeness (QED) is 0.708. The van der Waals surface area contributed by atoms with E-state index in [9.17, 15) is 4.79 Å². The Labute approximate surface area is 157 Å². The number of hydrogen-bond donors (Lipinski definition) is 2. The van der Waals surface area contributed by atoms with E-state index in [1.54, 1.807) is 6.20 Å². The van der Waals surface area contributed by atoms with Crippen molar-refractivity contribution in [2.24, 2.45) is 5.92 Å². The van der Waals surface area contributed by atoms with Crippen molar-refractivity contribution in [3.63, 3.8) is 0 Å². The highest BCUT2D eigenvalue weighted by Gasteiger charge is 2.35. The molecule has 26 heavy (non-hydrogen) atoms. The number of aromatic nitrogens is 2. The maximum absolute atomic E-state index is 12.6. The summed E-state index contributed by atoms with van der Waals surface area (Å²) in [6.07, 6.45) is 12.9. The predicted molar refractivity (Wildman–Crippen MR) is 102 cm³/mol. The zero-order valence-corrected chi connectivity index (χ0v) is 16.0. The molecule has 0 aromatic carbocycles. The zero-order chi connectivity index (χ0) is 18.2. The van der Waals surface area contributed by atoms with E-state index in [0.717, 1.165) is 38.8 Å². The standard InChI is InChI=1S/C20H34N4O2/c1-2-14-26-19-9-8-16(15-18(19)23-17-6-3-4-7-17)20(25)21-11-13-24-12-5-10-22-24/h5,10,12,16-19,23H,2-4,6-9,11,13-15H2,1H3,(H,21,25)/t16-,18+,19+/m0/s1. The van der Waals surface area contributed by atoms with E-state index in [2.05, 4.69) is 22.7 Å². The summed E-state index contributed by atoms with van der Waals surface area (Å²) in [5.74, 6) is 0.275. The SMILES string of the molecule is CCCO[C@@H]1CC[C@H](C(=O)NCCn2cccn2)C[C@H]1NC1CCCC1. The topological polar surface area (TPSA) is 68.2 Å². The van der Waals surface area contributed by atoms with Crippen molar-refractivity contribution < 1.29 is 9.53 Å². The molecule has 146 valence electrons. The summed E-state index contributed by atoms with van der Waals surface area (Å²) in [6, 6.07) is 2.81. The molecule has 0 radical (unpaired) electrons. The first kappa shape index (κ1) is 19.4. The van der Waals surface area contributed by atoms with Gasteiger partial charge in [0, 0.05) is 43.5 Å². The van der Waals surface area contributed by atoms with Gasteiger partial charge in [-0.1, -0.05) is 19.8 Å². The Balaban J connectivity index is 1.48. The van der Waals surface area contributed by atoms with Gasteiger partial charge in [-0.15, -0.1) is 0 Å². The van der Waals surface area contributed by atoms with Gasteiger partial charge in [0.15, 0.2) is 0 Å². The second-order valence-corrected chi connectivity index (χ2v) is 7.73. The van der Waals surface area contributed by atoms with Crippen molar-refractivity contribution in [1.29, 1.82) is 0 Å². The fourth-order valence-corrected chi connectivity index (χ4v) is 4.29. The molecule has 6 heteroatoms. The van der Waals surface area contributed by atoms with Crippen LogP contribution < -0.4 is 10.6 Å². The van der Waals surface area contributed by atoms with Crippen LogP contribution in [0.5, 0.6) is 0 Å². The monoisotopic (exact) mass is 362 g/mol. The van der Waals surface area contributed by atoms with E-state index in [4.69, 9.17) is 4.74 Å². The van der Waals surface area contributed by atoms with Crippen LogP contribution in [-0.2, 0) is 16.1 Å². The molecular formula is C20H34N4O2. The molecule has 1 aromatic rings. The lowest BCUT2D eigenvalue weighted by Gasteiger charge is -2.37. The van der Waals surface area contributed by atoms with Crippen LogP contribution in [0.1, 0.15) is 58.3 Å². The lowest BCUT2D eigenvalue weighted by atomic mass is 9.82. The van der Waals surface area contributed by atoms with Gasteiger partial charge < -0.3 is 15.4 Å². The summed E-state index contributed by atoms with van der Waals surface area (Å²) in [5, 5.41) is 11.1. The summed E-state index contributed by atoms with van der Waals surface area (Å²) in [6.45, 7) is 4.32. The molecule has 2 aliphatic carbocycles. The minimum absolute atomic E-state index is 0.0907. The second kappa shape index (κ2) is 10.1. The first-order valence-electron chi connectivity index (χ1n) is 10.4. The minimum Gasteiger partial charge on any atom is -0.377 e. The Hall–Kier alpha value is -1.40. The van der Waals surface area contributed by atoms with Crippen molar-refractivity contribution in [3.05, 3.63) is 18.5 Å². The van der Waals surface area contributed by atoms with Gasteiger partial charge in [-0.05, 0) is 44.6 Å². The highest BCUT2D eigenvalue weighted by atomic mass is 16.5. The van der Waals surface area contributed by atoms with E-state index >= 15 is 0 Å². The molecule has 6 nitrogen and oxygen atoms in total. The molecule has 0 spiro atoms. The van der Waals surface area contributed by atoms with Gasteiger partial charge in [0.2, 0.25) is 5.91 Å². The Morgan fingerprint density at radius 3 is 2.85 bits per heavy atom. The number of ether oxygens (including phenoxy) is 1. The van der Waals surface area contributed by atoms with Gasteiger partial charge in [-0.2, -0.15) is 5.10 Å². The Morgan fingerprint density at radius 2 is 2.12 bits per heavy atom. The molecule has 3 rings (SSSR count). The van der Waals surface area contributed by atoms with Crippen molar-refractivity contribution in [3.8, 4) is 0 Å². The molecule has 0 unspecified atom stereocenters. The predicted octanol–water partition coefficient (Wildman–Crippen LogP) is 2.50. The number of carbonyl (C=O) groups excluding carboxylic acids is 1. The van der Waals surface area contributed by atoms with Crippen LogP contribution in [0.4, 0.5) is 0 Å². The van der Waals surface area contributed by atoms with Crippen molar-refractivity contribution in [2.45, 2.75) is 83.0 Å². The van der Waals surface area contributed by atoms with Crippen LogP contribution >= 0.6 is 0 Å². The average Bonchev–Trinajstić information content (AvgIpc) is 3.34. The molecule has 2 aliphatic rings. The minimum atomic E-state index is 0.0907. The van der Waals surface area contributed by atoms with Crippen molar-refractivity contribution in [1.82, 2.24) is 20.4 Å². The first-order valence-corrected chi connectivity index (χ1v) is 10.4. The van der Waals surface area contributed by atoms with Crippen LogP contribution in [0.3, 0.4) is 0 Å². The van der Waals surface area contributed by atoms with Crippen molar-refractivity contribution >= 4 is 5.91 Å². The third-order valence-corrected chi connectivity index (χ3v) is 5.70. The molecule has 2 saturated carbocycles. The molecule has 1 amide bonds. The normalized spacial score (nSPS) is 26.9. The summed E-state index contributed by atoms with van der Waals surface area (Å²) < 4.78 is 7.95. The van der Waals surface area contributed by atoms with E-state index in [1.807, 2.05) is 16.9 Å². The third-order valence-electron chi connectivity index (χ3n) is 5.70. The Kier molecular flexibility index (Phi) is 7.50. The highest BCUT2D eigenvalue weighted by molar-refractivity contribution is 5.78. The van der Waals surface area contributed by atoms with Crippen molar-refractivity contribution in [2.75, 3.05) is 13.2 Å². The zero-order valence-electron chi connectivity index (χ0n) is 16.0. The highest BCUT2D eigenvalue weighted by Crippen LogP contribution is 2.29. The van der Waals surface area contributed by atoms with Gasteiger partial charge in [0.1, 0.15) is 0 Å². The fourth-order valence-electron chi connectivity index (χ4n) is 4.29. The molecule has 0 aliphatic heterocycles. The maximum Gasteiger partial charge on any atom is 0.223 e. The first-order chi connectivity index (χ1) is 12.8. The second-order valence-electron chi connectivity index (χ2n) is 7.73. The molecule has 2 N–H and O–H groups in total. The lowest BCUT2D eigenvalue weighted by molar-refractivity contribution is -0.127. The average molecular weight is 363 g/mol. The molecule has 0 bridgehead atoms. The largest absolute Gasteiger partial charge is 0.377 e. The number of nitrogens with zero attached hydrogens (tertiary/aromatic N) is 2. The van der Waals surface area contributed by atoms with Crippen LogP contribution in [-0.4, -0.2) is 47.0 Å². The maximum atomic E-state index is 12.6. The molecule has 1 heterocycles. The lowest BCUT2D eigenvalue weighted by Crippen LogP contribution is -2.51. The summed E-state index contributed by atoms with van der Waals surface area (Å²) in [4.78, 5) is 12.6. The van der Waals surface area contributed by atoms with E-state index in [1.165, 1.54) is 25.7 Å². The van der Waals surface area contributed by atoms with Gasteiger partial charge in [0.05, 0.1) is 12.6 Å². The van der Waals surface area contributed by atoms with Crippen LogP contribution in [0.2, 0.25) is 0 Å². The number of nitrogens with one attached hydrogen (secondary N) is 2. The van der Waals surface area contributed by atoms with Crippen LogP contribution in [0.15, 0.2) is 18.5 Å². The van der Waals surface area contributed by atoms with Gasteiger partial charge >= 0.3 is 0 Å². The van der Waals surface area contributed by atoms with Gasteiger partial charge in [-0.3, -0.25) is 9.48 Å². The van der Waals surface area contributed by atoms with Gasteiger partial charge in [0.25, 0.3) is 0 Å². The van der Waals surface area contributed by atoms with Gasteiger partial charge in [-0.25, -0.2) is 0 Å². The number of amides is 1. The van der Waals surface area contributed by atoms with E-state index in [-0.39, 0.29) is 17.9 Å². The summed E-state index contributed by atoms with van der Waals surface area (Å²) in [5.41, 5.74) is 0. The molecule has 2 fully saturated rings. The Morgan fingerprint density at radius 1 is 1.27 bits per heavy atom. The smallest absolute Gasteiger partial charge is 0.223 e. The fraction of sp³-hybridized carbons (Fsp3) is 0.800. The number of hydrogen-bond acceptors (Lipinski definition) is 4. The van der Waals surface area contributed by atoms with E-state index in [0.29, 0.717) is 18.6 Å². The van der Waals surface area contributed by atoms with Crippen LogP contribution in [0, 0.1) is 5.92 Å². The summed E-state index contributed by atoms with van der Waals surface area (Å²) >= 11 is 0. The molecule has 1 aromatic heterocycles. The Bertz CT molecular complexity index is 528. The molecule has 0 saturated heterocycles. The molecule has 3 atom stereocenters.